The molecule has 0 bridgehead atoms. The van der Waals surface area contributed by atoms with Crippen LogP contribution in [0.1, 0.15) is 41.6 Å². The zero-order chi connectivity index (χ0) is 18.4. The van der Waals surface area contributed by atoms with Gasteiger partial charge in [-0.1, -0.05) is 12.8 Å². The third-order valence-corrected chi connectivity index (χ3v) is 5.50. The van der Waals surface area contributed by atoms with E-state index in [4.69, 9.17) is 9.47 Å². The first-order valence-electron chi connectivity index (χ1n) is 8.33. The van der Waals surface area contributed by atoms with Gasteiger partial charge in [0.15, 0.2) is 0 Å². The van der Waals surface area contributed by atoms with Crippen LogP contribution in [0.15, 0.2) is 22.4 Å². The molecule has 0 unspecified atom stereocenters. The molecule has 1 aromatic rings. The average Bonchev–Trinajstić information content (AvgIpc) is 2.88. The summed E-state index contributed by atoms with van der Waals surface area (Å²) in [5.41, 5.74) is 0.649. The van der Waals surface area contributed by atoms with Crippen molar-refractivity contribution in [3.8, 4) is 5.75 Å². The van der Waals surface area contributed by atoms with Crippen LogP contribution in [0.5, 0.6) is 5.75 Å². The molecule has 8 heteroatoms. The molecule has 0 aliphatic carbocycles. The number of ether oxygens (including phenoxy) is 2. The number of fused-ring (bicyclic) bond motifs is 1. The molecule has 6 nitrogen and oxygen atoms in total. The summed E-state index contributed by atoms with van der Waals surface area (Å²) in [7, 11) is 2.08. The molecule has 0 fully saturated rings. The first-order chi connectivity index (χ1) is 11.9. The van der Waals surface area contributed by atoms with Gasteiger partial charge in [-0.2, -0.15) is 0 Å². The van der Waals surface area contributed by atoms with E-state index in [1.165, 1.54) is 25.3 Å². The highest BCUT2D eigenvalue weighted by Gasteiger charge is 2.27. The third kappa shape index (κ3) is 5.46. The zero-order valence-electron chi connectivity index (χ0n) is 15.4. The number of hydrogen-bond acceptors (Lipinski definition) is 6. The number of unbranched alkanes of at least 4 members (excludes halogenated alkanes) is 3. The Hall–Kier alpha value is -1.57. The van der Waals surface area contributed by atoms with Gasteiger partial charge in [0, 0.05) is 11.0 Å². The van der Waals surface area contributed by atoms with E-state index in [1.807, 2.05) is 14.1 Å². The quantitative estimate of drug-likeness (QED) is 0.466. The van der Waals surface area contributed by atoms with Crippen molar-refractivity contribution < 1.29 is 22.7 Å². The molecule has 1 aromatic carbocycles. The molecule has 146 valence electrons. The molecule has 0 saturated heterocycles. The summed E-state index contributed by atoms with van der Waals surface area (Å²) in [5.74, 6) is -0.253. The first-order valence-corrected chi connectivity index (χ1v) is 9.87. The highest BCUT2D eigenvalue weighted by Crippen LogP contribution is 2.36. The molecule has 0 saturated carbocycles. The summed E-state index contributed by atoms with van der Waals surface area (Å²) in [6, 6.07) is 2.87. The Morgan fingerprint density at radius 2 is 1.81 bits per heavy atom. The molecule has 0 atom stereocenters. The van der Waals surface area contributed by atoms with Crippen molar-refractivity contribution in [1.82, 2.24) is 4.90 Å². The van der Waals surface area contributed by atoms with Gasteiger partial charge in [0.25, 0.3) is 0 Å². The van der Waals surface area contributed by atoms with Crippen LogP contribution < -0.4 is 4.74 Å². The number of nitrogens with zero attached hydrogens (tertiary/aromatic N) is 1. The van der Waals surface area contributed by atoms with Crippen molar-refractivity contribution >= 4 is 34.3 Å². The van der Waals surface area contributed by atoms with Gasteiger partial charge in [-0.15, -0.1) is 12.4 Å². The fourth-order valence-corrected chi connectivity index (χ4v) is 3.91. The Bertz CT molecular complexity index is 759. The van der Waals surface area contributed by atoms with E-state index < -0.39 is 15.8 Å². The van der Waals surface area contributed by atoms with Crippen molar-refractivity contribution in [2.45, 2.75) is 30.6 Å². The zero-order valence-corrected chi connectivity index (χ0v) is 17.0. The average molecular weight is 404 g/mol. The minimum absolute atomic E-state index is 0. The van der Waals surface area contributed by atoms with Crippen molar-refractivity contribution in [1.29, 1.82) is 0 Å². The second-order valence-electron chi connectivity index (χ2n) is 6.26. The van der Waals surface area contributed by atoms with E-state index >= 15 is 0 Å². The Morgan fingerprint density at radius 3 is 2.46 bits per heavy atom. The summed E-state index contributed by atoms with van der Waals surface area (Å²) >= 11 is 0. The first kappa shape index (κ1) is 22.5. The van der Waals surface area contributed by atoms with Crippen LogP contribution in [0.3, 0.4) is 0 Å². The number of carbonyl (C=O) groups is 1. The van der Waals surface area contributed by atoms with E-state index in [-0.39, 0.29) is 28.6 Å². The molecular weight excluding hydrogens is 378 g/mol. The molecule has 0 N–H and O–H groups in total. The van der Waals surface area contributed by atoms with Gasteiger partial charge < -0.3 is 14.4 Å². The lowest BCUT2D eigenvalue weighted by Crippen LogP contribution is -2.13. The van der Waals surface area contributed by atoms with Crippen molar-refractivity contribution in [2.75, 3.05) is 34.4 Å². The minimum atomic E-state index is -3.43. The van der Waals surface area contributed by atoms with Crippen LogP contribution in [0, 0.1) is 0 Å². The fourth-order valence-electron chi connectivity index (χ4n) is 2.73. The topological polar surface area (TPSA) is 72.9 Å². The Labute approximate surface area is 161 Å². The number of sulfone groups is 1. The van der Waals surface area contributed by atoms with Gasteiger partial charge in [0.05, 0.1) is 18.6 Å². The predicted molar refractivity (Wildman–Crippen MR) is 104 cm³/mol. The highest BCUT2D eigenvalue weighted by molar-refractivity contribution is 7.94. The molecule has 1 aliphatic rings. The maximum absolute atomic E-state index is 12.3. The summed E-state index contributed by atoms with van der Waals surface area (Å²) in [4.78, 5) is 14.6. The maximum atomic E-state index is 12.3. The molecular formula is C18H26ClNO5S. The molecule has 0 amide bonds. The molecule has 0 aromatic heterocycles. The van der Waals surface area contributed by atoms with E-state index in [2.05, 4.69) is 4.90 Å². The van der Waals surface area contributed by atoms with Crippen LogP contribution in [0.25, 0.3) is 6.08 Å². The van der Waals surface area contributed by atoms with Crippen molar-refractivity contribution in [3.63, 3.8) is 0 Å². The summed E-state index contributed by atoms with van der Waals surface area (Å²) in [5, 5.41) is 1.11. The molecule has 26 heavy (non-hydrogen) atoms. The van der Waals surface area contributed by atoms with Crippen LogP contribution in [0.4, 0.5) is 0 Å². The number of methoxy groups -OCH3 is 1. The molecule has 1 heterocycles. The summed E-state index contributed by atoms with van der Waals surface area (Å²) < 4.78 is 34.3. The number of esters is 1. The smallest absolute Gasteiger partial charge is 0.341 e. The standard InChI is InChI=1S/C18H25NO5S.ClH/c1-19(2)11-6-4-5-7-12-24-18(20)15-8-9-16-14(17(15)23-3)10-13-25(16,21)22;/h8-10,13H,4-7,11-12H2,1-3H3;1H. The van der Waals surface area contributed by atoms with Gasteiger partial charge in [-0.3, -0.25) is 0 Å². The van der Waals surface area contributed by atoms with Crippen molar-refractivity contribution in [3.05, 3.63) is 28.7 Å². The van der Waals surface area contributed by atoms with Crippen LogP contribution in [-0.4, -0.2) is 53.6 Å². The number of rotatable bonds is 9. The Morgan fingerprint density at radius 1 is 1.12 bits per heavy atom. The van der Waals surface area contributed by atoms with Crippen LogP contribution in [-0.2, 0) is 14.6 Å². The summed E-state index contributed by atoms with van der Waals surface area (Å²) in [6.07, 6.45) is 5.48. The normalized spacial score (nSPS) is 14.0. The molecule has 0 radical (unpaired) electrons. The second kappa shape index (κ2) is 9.94. The molecule has 2 rings (SSSR count). The lowest BCUT2D eigenvalue weighted by molar-refractivity contribution is 0.0493. The van der Waals surface area contributed by atoms with Crippen LogP contribution in [0.2, 0.25) is 0 Å². The molecule has 1 aliphatic heterocycles. The predicted octanol–water partition coefficient (Wildman–Crippen LogP) is 3.15. The lowest BCUT2D eigenvalue weighted by atomic mass is 10.1. The highest BCUT2D eigenvalue weighted by atomic mass is 35.5. The monoisotopic (exact) mass is 403 g/mol. The van der Waals surface area contributed by atoms with Crippen molar-refractivity contribution in [2.24, 2.45) is 0 Å². The Kier molecular flexibility index (Phi) is 8.59. The summed E-state index contributed by atoms with van der Waals surface area (Å²) in [6.45, 7) is 1.40. The van der Waals surface area contributed by atoms with E-state index in [0.29, 0.717) is 12.2 Å². The van der Waals surface area contributed by atoms with Gasteiger partial charge >= 0.3 is 5.97 Å². The van der Waals surface area contributed by atoms with Gasteiger partial charge in [0.1, 0.15) is 11.3 Å². The third-order valence-electron chi connectivity index (χ3n) is 4.03. The van der Waals surface area contributed by atoms with Gasteiger partial charge in [-0.25, -0.2) is 13.2 Å². The van der Waals surface area contributed by atoms with E-state index in [1.54, 1.807) is 0 Å². The molecule has 0 spiro atoms. The lowest BCUT2D eigenvalue weighted by Gasteiger charge is -2.12. The number of hydrogen-bond donors (Lipinski definition) is 0. The van der Waals surface area contributed by atoms with Gasteiger partial charge in [-0.05, 0) is 51.7 Å². The maximum Gasteiger partial charge on any atom is 0.341 e. The van der Waals surface area contributed by atoms with Gasteiger partial charge in [0.2, 0.25) is 9.84 Å². The fraction of sp³-hybridized carbons (Fsp3) is 0.500. The number of halogens is 1. The largest absolute Gasteiger partial charge is 0.495 e. The SMILES string of the molecule is COc1c(C(=O)OCCCCCCN(C)C)ccc2c1C=CS2(=O)=O.Cl. The second-order valence-corrected chi connectivity index (χ2v) is 8.06. The Balaban J connectivity index is 0.00000338. The van der Waals surface area contributed by atoms with E-state index in [0.717, 1.165) is 37.6 Å². The number of benzene rings is 1. The minimum Gasteiger partial charge on any atom is -0.495 e. The van der Waals surface area contributed by atoms with E-state index in [9.17, 15) is 13.2 Å². The van der Waals surface area contributed by atoms with Crippen LogP contribution >= 0.6 is 12.4 Å². The number of carbonyl (C=O) groups excluding carboxylic acids is 1.